The zero-order valence-electron chi connectivity index (χ0n) is 20.8. The molecule has 1 aromatic heterocycles. The predicted octanol–water partition coefficient (Wildman–Crippen LogP) is 5.10. The van der Waals surface area contributed by atoms with E-state index in [0.29, 0.717) is 23.0 Å². The van der Waals surface area contributed by atoms with Crippen molar-refractivity contribution < 1.29 is 23.5 Å². The molecule has 0 amide bonds. The summed E-state index contributed by atoms with van der Waals surface area (Å²) >= 11 is 0. The van der Waals surface area contributed by atoms with Gasteiger partial charge in [-0.05, 0) is 29.3 Å². The van der Waals surface area contributed by atoms with E-state index in [1.165, 1.54) is 0 Å². The number of hydrogen-bond acceptors (Lipinski definition) is 5. The number of aryl methyl sites for hydroxylation is 1. The lowest BCUT2D eigenvalue weighted by Gasteiger charge is -2.22. The first-order valence-electron chi connectivity index (χ1n) is 11.0. The second kappa shape index (κ2) is 9.51. The van der Waals surface area contributed by atoms with Gasteiger partial charge in [0.05, 0.1) is 55.1 Å². The molecule has 34 heavy (non-hydrogen) atoms. The van der Waals surface area contributed by atoms with Crippen LogP contribution in [0, 0.1) is 0 Å². The molecule has 3 aromatic carbocycles. The molecule has 1 heterocycles. The van der Waals surface area contributed by atoms with Gasteiger partial charge in [-0.1, -0.05) is 36.4 Å². The van der Waals surface area contributed by atoms with Crippen molar-refractivity contribution in [2.75, 3.05) is 47.4 Å². The van der Waals surface area contributed by atoms with Crippen LogP contribution >= 0.6 is 0 Å². The average molecular weight is 460 g/mol. The maximum atomic E-state index is 5.68. The fourth-order valence-corrected chi connectivity index (χ4v) is 4.57. The molecule has 176 valence electrons. The van der Waals surface area contributed by atoms with Gasteiger partial charge in [-0.25, -0.2) is 4.57 Å². The highest BCUT2D eigenvalue weighted by Crippen LogP contribution is 2.45. The van der Waals surface area contributed by atoms with Gasteiger partial charge < -0.3 is 18.9 Å². The Morgan fingerprint density at radius 3 is 1.79 bits per heavy atom. The van der Waals surface area contributed by atoms with Crippen molar-refractivity contribution in [2.24, 2.45) is 7.05 Å². The minimum absolute atomic E-state index is 0.679. The van der Waals surface area contributed by atoms with Crippen LogP contribution in [0.15, 0.2) is 60.7 Å². The molecule has 0 bridgehead atoms. The first-order valence-corrected chi connectivity index (χ1v) is 11.0. The summed E-state index contributed by atoms with van der Waals surface area (Å²) in [6, 6.07) is 20.5. The molecule has 0 spiro atoms. The molecule has 0 aliphatic rings. The van der Waals surface area contributed by atoms with Gasteiger partial charge >= 0.3 is 0 Å². The van der Waals surface area contributed by atoms with Crippen molar-refractivity contribution in [3.05, 3.63) is 60.7 Å². The van der Waals surface area contributed by atoms with E-state index in [-0.39, 0.29) is 0 Å². The Hall–Kier alpha value is -3.93. The molecular formula is C28H31N2O4+. The number of fused-ring (bicyclic) bond motifs is 1. The molecule has 6 nitrogen and oxygen atoms in total. The Labute approximate surface area is 200 Å². The van der Waals surface area contributed by atoms with Crippen molar-refractivity contribution in [1.29, 1.82) is 0 Å². The largest absolute Gasteiger partial charge is 0.493 e. The van der Waals surface area contributed by atoms with Gasteiger partial charge in [0.15, 0.2) is 23.0 Å². The molecule has 0 aliphatic heterocycles. The van der Waals surface area contributed by atoms with Crippen LogP contribution in [0.25, 0.3) is 33.2 Å². The van der Waals surface area contributed by atoms with Crippen LogP contribution < -0.4 is 28.4 Å². The maximum absolute atomic E-state index is 5.68. The Balaban J connectivity index is 2.23. The Kier molecular flexibility index (Phi) is 6.50. The number of anilines is 1. The van der Waals surface area contributed by atoms with Crippen LogP contribution in [-0.4, -0.2) is 42.5 Å². The lowest BCUT2D eigenvalue weighted by atomic mass is 9.90. The number of aromatic nitrogens is 1. The van der Waals surface area contributed by atoms with E-state index in [2.05, 4.69) is 67.0 Å². The normalized spacial score (nSPS) is 10.8. The lowest BCUT2D eigenvalue weighted by Crippen LogP contribution is -2.37. The van der Waals surface area contributed by atoms with E-state index in [0.717, 1.165) is 39.0 Å². The monoisotopic (exact) mass is 459 g/mol. The summed E-state index contributed by atoms with van der Waals surface area (Å²) in [5.41, 5.74) is 5.34. The Bertz CT molecular complexity index is 1330. The summed E-state index contributed by atoms with van der Waals surface area (Å²) in [6.45, 7) is 0. The molecule has 0 saturated carbocycles. The first kappa shape index (κ1) is 23.2. The number of nitrogens with zero attached hydrogens (tertiary/aromatic N) is 2. The molecule has 0 fully saturated rings. The van der Waals surface area contributed by atoms with E-state index in [1.54, 1.807) is 28.4 Å². The zero-order valence-corrected chi connectivity index (χ0v) is 20.8. The molecule has 6 heteroatoms. The topological polar surface area (TPSA) is 44.0 Å². The van der Waals surface area contributed by atoms with Gasteiger partial charge in [-0.15, -0.1) is 0 Å². The standard InChI is InChI=1S/C28H31N2O4/c1-29(2)28-27(19-13-14-22(31-4)23(15-19)32-5)26(18-11-9-8-10-12-18)20-16-24(33-6)25(34-7)17-21(20)30(28)3/h8-17H,1-7H3/q+1. The highest BCUT2D eigenvalue weighted by molar-refractivity contribution is 6.05. The van der Waals surface area contributed by atoms with Crippen molar-refractivity contribution in [2.45, 2.75) is 0 Å². The predicted molar refractivity (Wildman–Crippen MR) is 137 cm³/mol. The van der Waals surface area contributed by atoms with Gasteiger partial charge in [0.1, 0.15) is 5.52 Å². The maximum Gasteiger partial charge on any atom is 0.285 e. The molecule has 0 N–H and O–H groups in total. The third kappa shape index (κ3) is 3.85. The van der Waals surface area contributed by atoms with E-state index in [4.69, 9.17) is 18.9 Å². The van der Waals surface area contributed by atoms with Crippen LogP contribution in [0.4, 0.5) is 5.82 Å². The SMILES string of the molecule is COc1ccc(-c2c(-c3ccccc3)c3cc(OC)c(OC)cc3[n+](C)c2N(C)C)cc1OC. The average Bonchev–Trinajstić information content (AvgIpc) is 2.87. The molecule has 4 rings (SSSR count). The smallest absolute Gasteiger partial charge is 0.285 e. The van der Waals surface area contributed by atoms with Crippen molar-refractivity contribution in [3.8, 4) is 45.3 Å². The summed E-state index contributed by atoms with van der Waals surface area (Å²) in [7, 11) is 12.8. The third-order valence-electron chi connectivity index (χ3n) is 6.08. The van der Waals surface area contributed by atoms with Crippen LogP contribution in [0.2, 0.25) is 0 Å². The number of benzene rings is 3. The van der Waals surface area contributed by atoms with E-state index < -0.39 is 0 Å². The molecule has 0 atom stereocenters. The number of pyridine rings is 1. The van der Waals surface area contributed by atoms with Gasteiger partial charge in [0, 0.05) is 17.0 Å². The van der Waals surface area contributed by atoms with Crippen LogP contribution in [-0.2, 0) is 7.05 Å². The minimum Gasteiger partial charge on any atom is -0.493 e. The number of ether oxygens (including phenoxy) is 4. The van der Waals surface area contributed by atoms with Crippen molar-refractivity contribution >= 4 is 16.7 Å². The molecule has 0 saturated heterocycles. The van der Waals surface area contributed by atoms with Gasteiger partial charge in [0.25, 0.3) is 5.82 Å². The number of rotatable bonds is 7. The van der Waals surface area contributed by atoms with Gasteiger partial charge in [-0.2, -0.15) is 0 Å². The van der Waals surface area contributed by atoms with Gasteiger partial charge in [0.2, 0.25) is 0 Å². The van der Waals surface area contributed by atoms with E-state index >= 15 is 0 Å². The minimum atomic E-state index is 0.679. The summed E-state index contributed by atoms with van der Waals surface area (Å²) in [5, 5.41) is 1.06. The lowest BCUT2D eigenvalue weighted by molar-refractivity contribution is -0.631. The second-order valence-corrected chi connectivity index (χ2v) is 8.19. The van der Waals surface area contributed by atoms with Gasteiger partial charge in [-0.3, -0.25) is 4.90 Å². The van der Waals surface area contributed by atoms with Crippen LogP contribution in [0.3, 0.4) is 0 Å². The fourth-order valence-electron chi connectivity index (χ4n) is 4.57. The fraction of sp³-hybridized carbons (Fsp3) is 0.250. The van der Waals surface area contributed by atoms with Crippen LogP contribution in [0.5, 0.6) is 23.0 Å². The molecule has 4 aromatic rings. The van der Waals surface area contributed by atoms with E-state index in [9.17, 15) is 0 Å². The third-order valence-corrected chi connectivity index (χ3v) is 6.08. The van der Waals surface area contributed by atoms with Crippen molar-refractivity contribution in [3.63, 3.8) is 0 Å². The summed E-state index contributed by atoms with van der Waals surface area (Å²) in [6.07, 6.45) is 0. The molecule has 0 unspecified atom stereocenters. The molecule has 0 aliphatic carbocycles. The second-order valence-electron chi connectivity index (χ2n) is 8.19. The quantitative estimate of drug-likeness (QED) is 0.360. The molecular weight excluding hydrogens is 428 g/mol. The Morgan fingerprint density at radius 1 is 0.618 bits per heavy atom. The highest BCUT2D eigenvalue weighted by atomic mass is 16.5. The first-order chi connectivity index (χ1) is 16.4. The zero-order chi connectivity index (χ0) is 24.4. The molecule has 0 radical (unpaired) electrons. The van der Waals surface area contributed by atoms with Crippen molar-refractivity contribution in [1.82, 2.24) is 0 Å². The Morgan fingerprint density at radius 2 is 1.21 bits per heavy atom. The number of hydrogen-bond donors (Lipinski definition) is 0. The summed E-state index contributed by atoms with van der Waals surface area (Å²) in [4.78, 5) is 2.13. The van der Waals surface area contributed by atoms with Crippen LogP contribution in [0.1, 0.15) is 0 Å². The summed E-state index contributed by atoms with van der Waals surface area (Å²) < 4.78 is 24.7. The van der Waals surface area contributed by atoms with E-state index in [1.807, 2.05) is 24.3 Å². The highest BCUT2D eigenvalue weighted by Gasteiger charge is 2.28. The summed E-state index contributed by atoms with van der Waals surface area (Å²) in [5.74, 6) is 3.79. The number of methoxy groups -OCH3 is 4.